The van der Waals surface area contributed by atoms with Crippen molar-refractivity contribution in [3.05, 3.63) is 86.5 Å². The number of benzene rings is 3. The molecule has 0 heterocycles. The fourth-order valence-corrected chi connectivity index (χ4v) is 2.50. The third kappa shape index (κ3) is 3.13. The van der Waals surface area contributed by atoms with Crippen LogP contribution in [-0.4, -0.2) is 15.8 Å². The lowest BCUT2D eigenvalue weighted by molar-refractivity contribution is -0.393. The Balaban J connectivity index is 2.00. The molecule has 1 amide bonds. The SMILES string of the molecule is O=C(Nc1ccc([N+](=O)[O-])cc1[N+](=O)[O-])c1cccc2ccccc12. The number of rotatable bonds is 4. The molecular formula is C17H11N3O5. The van der Waals surface area contributed by atoms with Crippen LogP contribution in [0.3, 0.4) is 0 Å². The molecule has 0 aliphatic rings. The minimum absolute atomic E-state index is 0.103. The van der Waals surface area contributed by atoms with Crippen LogP contribution in [0.2, 0.25) is 0 Å². The molecule has 3 aromatic carbocycles. The average molecular weight is 337 g/mol. The highest BCUT2D eigenvalue weighted by atomic mass is 16.6. The van der Waals surface area contributed by atoms with Gasteiger partial charge in [0.2, 0.25) is 0 Å². The number of nitrogens with zero attached hydrogens (tertiary/aromatic N) is 2. The van der Waals surface area contributed by atoms with Gasteiger partial charge in [-0.3, -0.25) is 25.0 Å². The summed E-state index contributed by atoms with van der Waals surface area (Å²) in [5.74, 6) is -0.534. The number of anilines is 1. The van der Waals surface area contributed by atoms with E-state index in [4.69, 9.17) is 0 Å². The van der Waals surface area contributed by atoms with E-state index in [9.17, 15) is 25.0 Å². The van der Waals surface area contributed by atoms with Gasteiger partial charge in [0.1, 0.15) is 5.69 Å². The number of carbonyl (C=O) groups is 1. The summed E-state index contributed by atoms with van der Waals surface area (Å²) >= 11 is 0. The standard InChI is InChI=1S/C17H11N3O5/c21-17(14-7-3-5-11-4-1-2-6-13(11)14)18-15-9-8-12(19(22)23)10-16(15)20(24)25/h1-10H,(H,18,21). The van der Waals surface area contributed by atoms with E-state index >= 15 is 0 Å². The van der Waals surface area contributed by atoms with E-state index in [1.165, 1.54) is 0 Å². The van der Waals surface area contributed by atoms with Gasteiger partial charge in [-0.1, -0.05) is 36.4 Å². The Bertz CT molecular complexity index is 1010. The van der Waals surface area contributed by atoms with Gasteiger partial charge in [0, 0.05) is 11.6 Å². The van der Waals surface area contributed by atoms with Gasteiger partial charge < -0.3 is 5.32 Å². The smallest absolute Gasteiger partial charge is 0.299 e. The maximum atomic E-state index is 12.6. The van der Waals surface area contributed by atoms with E-state index in [1.807, 2.05) is 18.2 Å². The predicted octanol–water partition coefficient (Wildman–Crippen LogP) is 3.91. The van der Waals surface area contributed by atoms with Gasteiger partial charge in [0.05, 0.1) is 15.9 Å². The highest BCUT2D eigenvalue weighted by Crippen LogP contribution is 2.30. The second-order valence-corrected chi connectivity index (χ2v) is 5.20. The van der Waals surface area contributed by atoms with Crippen LogP contribution in [0.25, 0.3) is 10.8 Å². The van der Waals surface area contributed by atoms with Crippen molar-refractivity contribution >= 4 is 33.7 Å². The number of hydrogen-bond donors (Lipinski definition) is 1. The third-order valence-electron chi connectivity index (χ3n) is 3.67. The van der Waals surface area contributed by atoms with Gasteiger partial charge in [-0.05, 0) is 22.9 Å². The van der Waals surface area contributed by atoms with Crippen molar-refractivity contribution in [2.45, 2.75) is 0 Å². The number of nitro groups is 2. The Morgan fingerprint density at radius 3 is 2.32 bits per heavy atom. The summed E-state index contributed by atoms with van der Waals surface area (Å²) in [7, 11) is 0. The fraction of sp³-hybridized carbons (Fsp3) is 0. The number of nitro benzene ring substituents is 2. The van der Waals surface area contributed by atoms with Gasteiger partial charge in [0.15, 0.2) is 0 Å². The van der Waals surface area contributed by atoms with E-state index in [0.717, 1.165) is 23.6 Å². The topological polar surface area (TPSA) is 115 Å². The first kappa shape index (κ1) is 16.1. The number of carbonyl (C=O) groups excluding carboxylic acids is 1. The molecule has 8 nitrogen and oxygen atoms in total. The lowest BCUT2D eigenvalue weighted by atomic mass is 10.0. The molecule has 0 aromatic heterocycles. The van der Waals surface area contributed by atoms with Crippen molar-refractivity contribution in [3.8, 4) is 0 Å². The summed E-state index contributed by atoms with van der Waals surface area (Å²) in [6.45, 7) is 0. The lowest BCUT2D eigenvalue weighted by Crippen LogP contribution is -2.13. The molecule has 0 fully saturated rings. The zero-order valence-electron chi connectivity index (χ0n) is 12.7. The van der Waals surface area contributed by atoms with E-state index in [0.29, 0.717) is 10.9 Å². The molecule has 0 unspecified atom stereocenters. The molecule has 8 heteroatoms. The summed E-state index contributed by atoms with van der Waals surface area (Å²) in [6.07, 6.45) is 0. The van der Waals surface area contributed by atoms with Crippen LogP contribution < -0.4 is 5.32 Å². The van der Waals surface area contributed by atoms with Crippen LogP contribution >= 0.6 is 0 Å². The third-order valence-corrected chi connectivity index (χ3v) is 3.67. The molecule has 0 spiro atoms. The van der Waals surface area contributed by atoms with Crippen LogP contribution in [0.4, 0.5) is 17.1 Å². The first-order valence-corrected chi connectivity index (χ1v) is 7.19. The molecule has 3 rings (SSSR count). The molecule has 0 radical (unpaired) electrons. The lowest BCUT2D eigenvalue weighted by Gasteiger charge is -2.08. The van der Waals surface area contributed by atoms with E-state index in [-0.39, 0.29) is 5.69 Å². The van der Waals surface area contributed by atoms with Crippen LogP contribution in [0, 0.1) is 20.2 Å². The second-order valence-electron chi connectivity index (χ2n) is 5.20. The van der Waals surface area contributed by atoms with Crippen LogP contribution in [0.5, 0.6) is 0 Å². The van der Waals surface area contributed by atoms with Crippen molar-refractivity contribution in [1.82, 2.24) is 0 Å². The zero-order chi connectivity index (χ0) is 18.0. The van der Waals surface area contributed by atoms with E-state index < -0.39 is 27.1 Å². The first-order chi connectivity index (χ1) is 12.0. The molecular weight excluding hydrogens is 326 g/mol. The molecule has 0 bridgehead atoms. The monoisotopic (exact) mass is 337 g/mol. The van der Waals surface area contributed by atoms with Gasteiger partial charge in [-0.25, -0.2) is 0 Å². The predicted molar refractivity (Wildman–Crippen MR) is 91.7 cm³/mol. The normalized spacial score (nSPS) is 10.4. The summed E-state index contributed by atoms with van der Waals surface area (Å²) in [5.41, 5.74) is -0.711. The Labute approximate surface area is 141 Å². The summed E-state index contributed by atoms with van der Waals surface area (Å²) in [6, 6.07) is 15.5. The van der Waals surface area contributed by atoms with Crippen molar-refractivity contribution in [2.75, 3.05) is 5.32 Å². The number of fused-ring (bicyclic) bond motifs is 1. The maximum absolute atomic E-state index is 12.6. The van der Waals surface area contributed by atoms with Crippen molar-refractivity contribution in [2.24, 2.45) is 0 Å². The Morgan fingerprint density at radius 2 is 1.60 bits per heavy atom. The van der Waals surface area contributed by atoms with E-state index in [1.54, 1.807) is 24.3 Å². The molecule has 124 valence electrons. The number of amides is 1. The molecule has 0 aliphatic heterocycles. The molecule has 0 saturated heterocycles. The van der Waals surface area contributed by atoms with Gasteiger partial charge >= 0.3 is 0 Å². The molecule has 0 saturated carbocycles. The fourth-order valence-electron chi connectivity index (χ4n) is 2.50. The van der Waals surface area contributed by atoms with Gasteiger partial charge in [-0.15, -0.1) is 0 Å². The number of hydrogen-bond acceptors (Lipinski definition) is 5. The molecule has 25 heavy (non-hydrogen) atoms. The number of nitrogens with one attached hydrogen (secondary N) is 1. The minimum Gasteiger partial charge on any atom is -0.316 e. The van der Waals surface area contributed by atoms with Crippen LogP contribution in [-0.2, 0) is 0 Å². The Morgan fingerprint density at radius 1 is 0.880 bits per heavy atom. The Kier molecular flexibility index (Phi) is 4.09. The molecule has 1 N–H and O–H groups in total. The summed E-state index contributed by atoms with van der Waals surface area (Å²) in [4.78, 5) is 33.0. The highest BCUT2D eigenvalue weighted by Gasteiger charge is 2.21. The minimum atomic E-state index is -0.772. The molecule has 0 aliphatic carbocycles. The van der Waals surface area contributed by atoms with Crippen molar-refractivity contribution in [3.63, 3.8) is 0 Å². The maximum Gasteiger partial charge on any atom is 0.299 e. The largest absolute Gasteiger partial charge is 0.316 e. The molecule has 0 atom stereocenters. The van der Waals surface area contributed by atoms with E-state index in [2.05, 4.69) is 5.32 Å². The van der Waals surface area contributed by atoms with Crippen molar-refractivity contribution < 1.29 is 14.6 Å². The first-order valence-electron chi connectivity index (χ1n) is 7.19. The highest BCUT2D eigenvalue weighted by molar-refractivity contribution is 6.13. The quantitative estimate of drug-likeness (QED) is 0.572. The zero-order valence-corrected chi connectivity index (χ0v) is 12.7. The Hall–Kier alpha value is -3.81. The number of non-ortho nitro benzene ring substituents is 1. The van der Waals surface area contributed by atoms with Crippen LogP contribution in [0.15, 0.2) is 60.7 Å². The second kappa shape index (κ2) is 6.36. The van der Waals surface area contributed by atoms with Crippen LogP contribution in [0.1, 0.15) is 10.4 Å². The molecule has 3 aromatic rings. The van der Waals surface area contributed by atoms with Crippen molar-refractivity contribution in [1.29, 1.82) is 0 Å². The summed E-state index contributed by atoms with van der Waals surface area (Å²) < 4.78 is 0. The summed E-state index contributed by atoms with van der Waals surface area (Å²) in [5, 5.41) is 26.0. The van der Waals surface area contributed by atoms with Gasteiger partial charge in [0.25, 0.3) is 17.3 Å². The van der Waals surface area contributed by atoms with Gasteiger partial charge in [-0.2, -0.15) is 0 Å². The average Bonchev–Trinajstić information content (AvgIpc) is 2.61.